The van der Waals surface area contributed by atoms with E-state index >= 15 is 0 Å². The number of β-amino-alcohol motifs (C(OH)–C–C–N with tert-alkyl or cyclic N) is 1. The first-order chi connectivity index (χ1) is 12.6. The first-order valence-electron chi connectivity index (χ1n) is 9.69. The van der Waals surface area contributed by atoms with Crippen LogP contribution in [0, 0.1) is 0 Å². The van der Waals surface area contributed by atoms with Gasteiger partial charge in [0, 0.05) is 58.7 Å². The van der Waals surface area contributed by atoms with Crippen molar-refractivity contribution in [2.75, 3.05) is 65.6 Å². The number of nitrogens with zero attached hydrogens (tertiary/aromatic N) is 3. The summed E-state index contributed by atoms with van der Waals surface area (Å²) in [6, 6.07) is 0. The van der Waals surface area contributed by atoms with Crippen molar-refractivity contribution in [3.63, 3.8) is 0 Å². The van der Waals surface area contributed by atoms with E-state index in [1.54, 1.807) is 0 Å². The number of hydrogen-bond donors (Lipinski definition) is 1. The summed E-state index contributed by atoms with van der Waals surface area (Å²) < 4.78 is 10.2. The minimum absolute atomic E-state index is 0.200. The molecule has 8 nitrogen and oxygen atoms in total. The number of ether oxygens (including phenoxy) is 2. The van der Waals surface area contributed by atoms with E-state index in [1.165, 1.54) is 0 Å². The van der Waals surface area contributed by atoms with Crippen molar-refractivity contribution >= 4 is 11.8 Å². The van der Waals surface area contributed by atoms with Crippen LogP contribution >= 0.6 is 0 Å². The number of epoxide rings is 2. The maximum absolute atomic E-state index is 11.5. The molecule has 2 atom stereocenters. The Balaban J connectivity index is 0.000000187. The first-order valence-corrected chi connectivity index (χ1v) is 9.69. The van der Waals surface area contributed by atoms with Gasteiger partial charge in [-0.05, 0) is 0 Å². The van der Waals surface area contributed by atoms with Gasteiger partial charge in [0.2, 0.25) is 11.8 Å². The van der Waals surface area contributed by atoms with E-state index in [1.807, 2.05) is 23.6 Å². The molecule has 0 aromatic carbocycles. The summed E-state index contributed by atoms with van der Waals surface area (Å²) in [6.07, 6.45) is 1.74. The maximum Gasteiger partial charge on any atom is 0.222 e. The Bertz CT molecular complexity index is 432. The quantitative estimate of drug-likeness (QED) is 0.582. The molecule has 0 spiro atoms. The molecule has 1 N–H and O–H groups in total. The Morgan fingerprint density at radius 2 is 1.54 bits per heavy atom. The van der Waals surface area contributed by atoms with Crippen LogP contribution in [0.3, 0.4) is 0 Å². The van der Waals surface area contributed by atoms with Crippen LogP contribution in [0.1, 0.15) is 26.7 Å². The lowest BCUT2D eigenvalue weighted by Crippen LogP contribution is -2.49. The van der Waals surface area contributed by atoms with E-state index < -0.39 is 0 Å². The number of amides is 2. The second-order valence-electron chi connectivity index (χ2n) is 6.86. The molecule has 3 heterocycles. The third-order valence-electron chi connectivity index (χ3n) is 4.75. The minimum atomic E-state index is 0.200. The average molecular weight is 371 g/mol. The highest BCUT2D eigenvalue weighted by Gasteiger charge is 2.32. The van der Waals surface area contributed by atoms with Crippen LogP contribution in [-0.2, 0) is 19.1 Å². The predicted molar refractivity (Wildman–Crippen MR) is 96.7 cm³/mol. The summed E-state index contributed by atoms with van der Waals surface area (Å²) >= 11 is 0. The fraction of sp³-hybridized carbons (Fsp3) is 0.889. The maximum atomic E-state index is 11.5. The zero-order valence-electron chi connectivity index (χ0n) is 16.1. The van der Waals surface area contributed by atoms with E-state index in [4.69, 9.17) is 14.6 Å². The van der Waals surface area contributed by atoms with Crippen molar-refractivity contribution in [1.29, 1.82) is 0 Å². The Labute approximate surface area is 156 Å². The molecule has 0 radical (unpaired) electrons. The number of aliphatic hydroxyl groups is 1. The smallest absolute Gasteiger partial charge is 0.222 e. The molecule has 0 aliphatic carbocycles. The Hall–Kier alpha value is -1.22. The molecule has 3 rings (SSSR count). The summed E-state index contributed by atoms with van der Waals surface area (Å²) in [4.78, 5) is 28.7. The molecule has 3 aliphatic heterocycles. The largest absolute Gasteiger partial charge is 0.395 e. The third-order valence-corrected chi connectivity index (χ3v) is 4.75. The molecular weight excluding hydrogens is 338 g/mol. The van der Waals surface area contributed by atoms with Crippen LogP contribution in [0.25, 0.3) is 0 Å². The fourth-order valence-electron chi connectivity index (χ4n) is 2.93. The van der Waals surface area contributed by atoms with Gasteiger partial charge in [0.15, 0.2) is 0 Å². The number of rotatable bonds is 8. The summed E-state index contributed by atoms with van der Waals surface area (Å²) in [5, 5.41) is 8.72. The molecule has 2 unspecified atom stereocenters. The van der Waals surface area contributed by atoms with Gasteiger partial charge in [-0.1, -0.05) is 13.8 Å². The fourth-order valence-corrected chi connectivity index (χ4v) is 2.93. The molecule has 0 aromatic heterocycles. The second-order valence-corrected chi connectivity index (χ2v) is 6.86. The van der Waals surface area contributed by atoms with Crippen LogP contribution in [0.2, 0.25) is 0 Å². The number of carbonyl (C=O) groups excluding carboxylic acids is 2. The van der Waals surface area contributed by atoms with Crippen LogP contribution in [-0.4, -0.2) is 109 Å². The van der Waals surface area contributed by atoms with Crippen molar-refractivity contribution < 1.29 is 24.2 Å². The van der Waals surface area contributed by atoms with Gasteiger partial charge in [-0.3, -0.25) is 14.5 Å². The van der Waals surface area contributed by atoms with Gasteiger partial charge in [0.05, 0.1) is 32.0 Å². The van der Waals surface area contributed by atoms with E-state index in [0.717, 1.165) is 59.0 Å². The Kier molecular flexibility index (Phi) is 8.77. The Morgan fingerprint density at radius 3 is 1.92 bits per heavy atom. The summed E-state index contributed by atoms with van der Waals surface area (Å²) in [6.45, 7) is 11.2. The number of carbonyl (C=O) groups is 2. The van der Waals surface area contributed by atoms with Gasteiger partial charge < -0.3 is 24.4 Å². The van der Waals surface area contributed by atoms with Crippen molar-refractivity contribution in [2.24, 2.45) is 0 Å². The zero-order valence-corrected chi connectivity index (χ0v) is 16.1. The highest BCUT2D eigenvalue weighted by molar-refractivity contribution is 5.76. The van der Waals surface area contributed by atoms with Crippen LogP contribution in [0.5, 0.6) is 0 Å². The van der Waals surface area contributed by atoms with E-state index in [-0.39, 0.29) is 30.6 Å². The van der Waals surface area contributed by atoms with E-state index in [0.29, 0.717) is 12.8 Å². The molecule has 3 fully saturated rings. The van der Waals surface area contributed by atoms with Gasteiger partial charge in [-0.2, -0.15) is 0 Å². The third kappa shape index (κ3) is 7.57. The second kappa shape index (κ2) is 10.8. The summed E-state index contributed by atoms with van der Waals surface area (Å²) in [5.41, 5.74) is 0. The standard InChI is InChI=1S/C9H18N2O2.C9H15NO3/c1-2-9(13)11-5-3-10(4-6-11)7-8-12;1-2-9(11)10(3-7-5-12-7)4-8-6-13-8/h12H,2-8H2,1H3;7-8H,2-6H2,1H3. The van der Waals surface area contributed by atoms with E-state index in [2.05, 4.69) is 4.90 Å². The molecule has 2 amide bonds. The summed E-state index contributed by atoms with van der Waals surface area (Å²) in [5.74, 6) is 0.439. The van der Waals surface area contributed by atoms with Crippen LogP contribution in [0.4, 0.5) is 0 Å². The number of aliphatic hydroxyl groups excluding tert-OH is 1. The first kappa shape index (κ1) is 21.1. The molecule has 3 saturated heterocycles. The van der Waals surface area contributed by atoms with Gasteiger partial charge in [-0.15, -0.1) is 0 Å². The molecular formula is C18H33N3O5. The molecule has 150 valence electrons. The van der Waals surface area contributed by atoms with Gasteiger partial charge in [0.25, 0.3) is 0 Å². The lowest BCUT2D eigenvalue weighted by Gasteiger charge is -2.34. The summed E-state index contributed by atoms with van der Waals surface area (Å²) in [7, 11) is 0. The highest BCUT2D eigenvalue weighted by Crippen LogP contribution is 2.16. The van der Waals surface area contributed by atoms with E-state index in [9.17, 15) is 9.59 Å². The van der Waals surface area contributed by atoms with Gasteiger partial charge in [0.1, 0.15) is 0 Å². The molecule has 3 aliphatic rings. The molecule has 0 saturated carbocycles. The molecule has 0 bridgehead atoms. The zero-order chi connectivity index (χ0) is 18.9. The monoisotopic (exact) mass is 371 g/mol. The topological polar surface area (TPSA) is 89.2 Å². The lowest BCUT2D eigenvalue weighted by atomic mass is 10.3. The minimum Gasteiger partial charge on any atom is -0.395 e. The van der Waals surface area contributed by atoms with Crippen molar-refractivity contribution in [3.05, 3.63) is 0 Å². The molecule has 8 heteroatoms. The van der Waals surface area contributed by atoms with Gasteiger partial charge >= 0.3 is 0 Å². The predicted octanol–water partition coefficient (Wildman–Crippen LogP) is -0.444. The average Bonchev–Trinajstić information content (AvgIpc) is 3.58. The van der Waals surface area contributed by atoms with Crippen LogP contribution in [0.15, 0.2) is 0 Å². The van der Waals surface area contributed by atoms with Crippen molar-refractivity contribution in [1.82, 2.24) is 14.7 Å². The lowest BCUT2D eigenvalue weighted by molar-refractivity contribution is -0.133. The Morgan fingerprint density at radius 1 is 1.00 bits per heavy atom. The highest BCUT2D eigenvalue weighted by atomic mass is 16.6. The molecule has 0 aromatic rings. The van der Waals surface area contributed by atoms with Gasteiger partial charge in [-0.25, -0.2) is 0 Å². The number of hydrogen-bond acceptors (Lipinski definition) is 6. The van der Waals surface area contributed by atoms with Crippen LogP contribution < -0.4 is 0 Å². The van der Waals surface area contributed by atoms with Crippen molar-refractivity contribution in [3.8, 4) is 0 Å². The van der Waals surface area contributed by atoms with Crippen molar-refractivity contribution in [2.45, 2.75) is 38.9 Å². The SMILES string of the molecule is CCC(=O)N(CC1CO1)CC1CO1.CCC(=O)N1CCN(CCO)CC1. The molecule has 26 heavy (non-hydrogen) atoms. The normalized spacial score (nSPS) is 24.5. The number of piperazine rings is 1.